The lowest BCUT2D eigenvalue weighted by atomic mass is 10.0. The summed E-state index contributed by atoms with van der Waals surface area (Å²) in [5.74, 6) is -1.65. The largest absolute Gasteiger partial charge is 0.490 e. The zero-order valence-corrected chi connectivity index (χ0v) is 17.6. The Balaban J connectivity index is 0.000000423. The second-order valence-corrected chi connectivity index (χ2v) is 7.18. The lowest BCUT2D eigenvalue weighted by molar-refractivity contribution is -0.192. The van der Waals surface area contributed by atoms with Gasteiger partial charge in [-0.25, -0.2) is 9.78 Å². The number of aromatic nitrogens is 2. The molecule has 0 aliphatic carbocycles. The van der Waals surface area contributed by atoms with Crippen molar-refractivity contribution in [3.8, 4) is 0 Å². The first-order chi connectivity index (χ1) is 14.7. The molecule has 7 nitrogen and oxygen atoms in total. The van der Waals surface area contributed by atoms with Gasteiger partial charge in [0.2, 0.25) is 0 Å². The molecule has 0 saturated carbocycles. The molecule has 0 bridgehead atoms. The number of aliphatic carboxylic acids is 1. The number of methoxy groups -OCH3 is 1. The minimum absolute atomic E-state index is 0.251. The molecule has 31 heavy (non-hydrogen) atoms. The van der Waals surface area contributed by atoms with E-state index in [0.29, 0.717) is 19.3 Å². The molecule has 3 rings (SSSR count). The Kier molecular flexibility index (Phi) is 9.47. The minimum atomic E-state index is -5.08. The normalized spacial score (nSPS) is 19.1. The first-order valence-corrected chi connectivity index (χ1v) is 9.87. The summed E-state index contributed by atoms with van der Waals surface area (Å²) in [7, 11) is 3.77. The van der Waals surface area contributed by atoms with Gasteiger partial charge in [-0.2, -0.15) is 13.2 Å². The van der Waals surface area contributed by atoms with Crippen LogP contribution in [0.25, 0.3) is 0 Å². The SMILES string of the molecule is COCCO[C@H]1CCN(Cc2nccn2C)[C@H]1Cc1ccccc1.O=C(O)C(F)(F)F. The van der Waals surface area contributed by atoms with Crippen molar-refractivity contribution in [2.24, 2.45) is 7.05 Å². The van der Waals surface area contributed by atoms with E-state index in [4.69, 9.17) is 19.4 Å². The van der Waals surface area contributed by atoms with Crippen LogP contribution in [0.5, 0.6) is 0 Å². The van der Waals surface area contributed by atoms with Gasteiger partial charge >= 0.3 is 12.1 Å². The molecule has 1 aromatic heterocycles. The fraction of sp³-hybridized carbons (Fsp3) is 0.524. The van der Waals surface area contributed by atoms with E-state index >= 15 is 0 Å². The maximum Gasteiger partial charge on any atom is 0.490 e. The van der Waals surface area contributed by atoms with E-state index in [2.05, 4.69) is 51.8 Å². The number of halogens is 3. The van der Waals surface area contributed by atoms with Gasteiger partial charge in [-0.15, -0.1) is 0 Å². The Morgan fingerprint density at radius 2 is 1.94 bits per heavy atom. The average Bonchev–Trinajstić information content (AvgIpc) is 3.29. The first kappa shape index (κ1) is 24.8. The molecule has 1 saturated heterocycles. The molecule has 1 aromatic carbocycles. The Morgan fingerprint density at radius 3 is 2.48 bits per heavy atom. The molecular formula is C21H28F3N3O4. The summed E-state index contributed by atoms with van der Waals surface area (Å²) < 4.78 is 45.1. The maximum absolute atomic E-state index is 10.6. The number of alkyl halides is 3. The summed E-state index contributed by atoms with van der Waals surface area (Å²) in [5.41, 5.74) is 1.36. The van der Waals surface area contributed by atoms with Crippen LogP contribution in [0.2, 0.25) is 0 Å². The van der Waals surface area contributed by atoms with Crippen LogP contribution >= 0.6 is 0 Å². The zero-order chi connectivity index (χ0) is 22.9. The number of hydrogen-bond acceptors (Lipinski definition) is 5. The number of imidazole rings is 1. The topological polar surface area (TPSA) is 76.8 Å². The van der Waals surface area contributed by atoms with Crippen molar-refractivity contribution in [1.82, 2.24) is 14.5 Å². The Hall–Kier alpha value is -2.43. The van der Waals surface area contributed by atoms with Gasteiger partial charge in [-0.3, -0.25) is 4.90 Å². The van der Waals surface area contributed by atoms with Crippen LogP contribution in [-0.2, 0) is 34.3 Å². The van der Waals surface area contributed by atoms with Gasteiger partial charge in [-0.1, -0.05) is 30.3 Å². The van der Waals surface area contributed by atoms with Gasteiger partial charge in [0.15, 0.2) is 0 Å². The van der Waals surface area contributed by atoms with Crippen molar-refractivity contribution in [2.45, 2.75) is 37.7 Å². The molecule has 0 amide bonds. The minimum Gasteiger partial charge on any atom is -0.475 e. The van der Waals surface area contributed by atoms with E-state index in [9.17, 15) is 13.2 Å². The Bertz CT molecular complexity index is 799. The van der Waals surface area contributed by atoms with Crippen molar-refractivity contribution in [1.29, 1.82) is 0 Å². The third-order valence-corrected chi connectivity index (χ3v) is 5.01. The number of carboxylic acids is 1. The third kappa shape index (κ3) is 7.97. The number of nitrogens with zero attached hydrogens (tertiary/aromatic N) is 3. The molecule has 2 heterocycles. The molecular weight excluding hydrogens is 415 g/mol. The number of benzene rings is 1. The number of aryl methyl sites for hydroxylation is 1. The summed E-state index contributed by atoms with van der Waals surface area (Å²) >= 11 is 0. The highest BCUT2D eigenvalue weighted by atomic mass is 19.4. The fourth-order valence-electron chi connectivity index (χ4n) is 3.41. The second kappa shape index (κ2) is 11.8. The smallest absolute Gasteiger partial charge is 0.475 e. The van der Waals surface area contributed by atoms with Crippen molar-refractivity contribution >= 4 is 5.97 Å². The van der Waals surface area contributed by atoms with Crippen LogP contribution < -0.4 is 0 Å². The molecule has 0 unspecified atom stereocenters. The van der Waals surface area contributed by atoms with Crippen molar-refractivity contribution in [2.75, 3.05) is 26.9 Å². The van der Waals surface area contributed by atoms with E-state index in [1.807, 2.05) is 12.4 Å². The van der Waals surface area contributed by atoms with Gasteiger partial charge < -0.3 is 19.1 Å². The van der Waals surface area contributed by atoms with Gasteiger partial charge in [-0.05, 0) is 18.4 Å². The van der Waals surface area contributed by atoms with Crippen LogP contribution in [0.1, 0.15) is 17.8 Å². The molecule has 2 aromatic rings. The monoisotopic (exact) mass is 443 g/mol. The number of rotatable bonds is 8. The summed E-state index contributed by atoms with van der Waals surface area (Å²) in [6, 6.07) is 11.0. The Morgan fingerprint density at radius 1 is 1.26 bits per heavy atom. The van der Waals surface area contributed by atoms with Gasteiger partial charge in [0.05, 0.1) is 25.9 Å². The van der Waals surface area contributed by atoms with E-state index in [1.165, 1.54) is 5.56 Å². The highest BCUT2D eigenvalue weighted by Gasteiger charge is 2.38. The molecule has 0 radical (unpaired) electrons. The first-order valence-electron chi connectivity index (χ1n) is 9.87. The average molecular weight is 443 g/mol. The summed E-state index contributed by atoms with van der Waals surface area (Å²) in [6.07, 6.45) is 1.10. The van der Waals surface area contributed by atoms with Crippen molar-refractivity contribution in [3.05, 3.63) is 54.1 Å². The number of hydrogen-bond donors (Lipinski definition) is 1. The number of ether oxygens (including phenoxy) is 2. The van der Waals surface area contributed by atoms with Crippen LogP contribution in [0.4, 0.5) is 13.2 Å². The van der Waals surface area contributed by atoms with Crippen molar-refractivity contribution in [3.63, 3.8) is 0 Å². The molecule has 0 spiro atoms. The summed E-state index contributed by atoms with van der Waals surface area (Å²) in [4.78, 5) is 15.9. The predicted octanol–water partition coefficient (Wildman–Crippen LogP) is 2.90. The van der Waals surface area contributed by atoms with Crippen LogP contribution in [-0.4, -0.2) is 70.7 Å². The molecule has 1 fully saturated rings. The van der Waals surface area contributed by atoms with E-state index < -0.39 is 12.1 Å². The highest BCUT2D eigenvalue weighted by molar-refractivity contribution is 5.73. The van der Waals surface area contributed by atoms with E-state index in [-0.39, 0.29) is 6.10 Å². The predicted molar refractivity (Wildman–Crippen MR) is 107 cm³/mol. The molecule has 2 atom stereocenters. The summed E-state index contributed by atoms with van der Waals surface area (Å²) in [5, 5.41) is 7.12. The molecule has 1 aliphatic heterocycles. The Labute approximate surface area is 179 Å². The molecule has 1 N–H and O–H groups in total. The van der Waals surface area contributed by atoms with Gasteiger partial charge in [0.25, 0.3) is 0 Å². The quantitative estimate of drug-likeness (QED) is 0.633. The fourth-order valence-corrected chi connectivity index (χ4v) is 3.41. The summed E-state index contributed by atoms with van der Waals surface area (Å²) in [6.45, 7) is 3.21. The lowest BCUT2D eigenvalue weighted by Gasteiger charge is -2.28. The van der Waals surface area contributed by atoms with Crippen LogP contribution in [0, 0.1) is 0 Å². The second-order valence-electron chi connectivity index (χ2n) is 7.18. The maximum atomic E-state index is 10.6. The van der Waals surface area contributed by atoms with Crippen LogP contribution in [0.15, 0.2) is 42.7 Å². The van der Waals surface area contributed by atoms with Gasteiger partial charge in [0.1, 0.15) is 5.82 Å². The molecule has 172 valence electrons. The molecule has 10 heteroatoms. The van der Waals surface area contributed by atoms with Gasteiger partial charge in [0, 0.05) is 39.1 Å². The zero-order valence-electron chi connectivity index (χ0n) is 17.6. The number of carboxylic acid groups (broad SMARTS) is 1. The molecule has 1 aliphatic rings. The van der Waals surface area contributed by atoms with E-state index in [0.717, 1.165) is 31.8 Å². The van der Waals surface area contributed by atoms with Crippen molar-refractivity contribution < 1.29 is 32.5 Å². The number of likely N-dealkylation sites (tertiary alicyclic amines) is 1. The lowest BCUT2D eigenvalue weighted by Crippen LogP contribution is -2.38. The standard InChI is InChI=1S/C19H27N3O2.C2HF3O2/c1-21-11-9-20-19(21)15-22-10-8-18(24-13-12-23-2)17(22)14-16-6-4-3-5-7-16;3-2(4,5)1(6)7/h3-7,9,11,17-18H,8,10,12-15H2,1-2H3;(H,6,7)/t17-,18-;/m0./s1. The third-order valence-electron chi connectivity index (χ3n) is 5.01. The van der Waals surface area contributed by atoms with Crippen LogP contribution in [0.3, 0.4) is 0 Å². The highest BCUT2D eigenvalue weighted by Crippen LogP contribution is 2.26. The van der Waals surface area contributed by atoms with E-state index in [1.54, 1.807) is 7.11 Å². The number of carbonyl (C=O) groups is 1.